The van der Waals surface area contributed by atoms with E-state index >= 15 is 0 Å². The van der Waals surface area contributed by atoms with Crippen molar-refractivity contribution in [3.8, 4) is 0 Å². The van der Waals surface area contributed by atoms with E-state index in [1.807, 2.05) is 0 Å². The van der Waals surface area contributed by atoms with E-state index in [-0.39, 0.29) is 12.5 Å². The molecule has 0 aromatic carbocycles. The second-order valence-corrected chi connectivity index (χ2v) is 4.97. The second-order valence-electron chi connectivity index (χ2n) is 4.97. The number of carbonyl (C=O) groups is 1. The van der Waals surface area contributed by atoms with Crippen LogP contribution in [0.15, 0.2) is 23.1 Å². The molecular formula is C13H17F3N2O3. The van der Waals surface area contributed by atoms with E-state index in [4.69, 9.17) is 0 Å². The predicted octanol–water partition coefficient (Wildman–Crippen LogP) is 1.00. The summed E-state index contributed by atoms with van der Waals surface area (Å²) in [6, 6.07) is 1.72. The zero-order valence-corrected chi connectivity index (χ0v) is 11.6. The van der Waals surface area contributed by atoms with Crippen LogP contribution in [0.3, 0.4) is 0 Å². The number of alkyl halides is 3. The Bertz CT molecular complexity index is 552. The zero-order valence-electron chi connectivity index (χ0n) is 11.6. The summed E-state index contributed by atoms with van der Waals surface area (Å²) in [7, 11) is 0. The highest BCUT2D eigenvalue weighted by Crippen LogP contribution is 2.25. The standard InChI is InChI=1S/C13H17F3N2O3/c1-8(2)10(19)6-17-11(20)7-18-5-3-4-9(12(18)21)13(14,15)16/h3-5,8,10,19H,6-7H2,1-2H3,(H,17,20). The monoisotopic (exact) mass is 306 g/mol. The third-order valence-corrected chi connectivity index (χ3v) is 2.92. The van der Waals surface area contributed by atoms with Crippen molar-refractivity contribution >= 4 is 5.91 Å². The lowest BCUT2D eigenvalue weighted by atomic mass is 10.1. The van der Waals surface area contributed by atoms with E-state index in [2.05, 4.69) is 5.32 Å². The third-order valence-electron chi connectivity index (χ3n) is 2.92. The molecule has 0 aliphatic carbocycles. The van der Waals surface area contributed by atoms with Crippen LogP contribution in [0.25, 0.3) is 0 Å². The fourth-order valence-electron chi connectivity index (χ4n) is 1.54. The van der Waals surface area contributed by atoms with Crippen molar-refractivity contribution < 1.29 is 23.1 Å². The first-order chi connectivity index (χ1) is 9.62. The lowest BCUT2D eigenvalue weighted by Crippen LogP contribution is -2.39. The van der Waals surface area contributed by atoms with Crippen LogP contribution in [0.4, 0.5) is 13.2 Å². The maximum absolute atomic E-state index is 12.6. The van der Waals surface area contributed by atoms with Crippen LogP contribution >= 0.6 is 0 Å². The minimum atomic E-state index is -4.76. The van der Waals surface area contributed by atoms with Crippen LogP contribution in [-0.2, 0) is 17.5 Å². The summed E-state index contributed by atoms with van der Waals surface area (Å²) in [6.45, 7) is 2.96. The number of aliphatic hydroxyl groups is 1. The maximum Gasteiger partial charge on any atom is 0.421 e. The molecule has 1 aromatic rings. The van der Waals surface area contributed by atoms with Crippen LogP contribution in [0, 0.1) is 5.92 Å². The van der Waals surface area contributed by atoms with Crippen molar-refractivity contribution in [1.82, 2.24) is 9.88 Å². The van der Waals surface area contributed by atoms with Crippen LogP contribution in [-0.4, -0.2) is 28.2 Å². The van der Waals surface area contributed by atoms with Gasteiger partial charge in [-0.05, 0) is 18.1 Å². The van der Waals surface area contributed by atoms with Gasteiger partial charge in [0.15, 0.2) is 0 Å². The van der Waals surface area contributed by atoms with E-state index in [1.165, 1.54) is 0 Å². The van der Waals surface area contributed by atoms with Gasteiger partial charge in [0.05, 0.1) is 6.10 Å². The van der Waals surface area contributed by atoms with Crippen molar-refractivity contribution in [3.05, 3.63) is 34.2 Å². The Morgan fingerprint density at radius 1 is 1.43 bits per heavy atom. The van der Waals surface area contributed by atoms with Crippen molar-refractivity contribution in [3.63, 3.8) is 0 Å². The maximum atomic E-state index is 12.6. The molecule has 0 saturated heterocycles. The SMILES string of the molecule is CC(C)C(O)CNC(=O)Cn1cccc(C(F)(F)F)c1=O. The number of nitrogens with one attached hydrogen (secondary N) is 1. The molecule has 0 aliphatic rings. The van der Waals surface area contributed by atoms with E-state index in [9.17, 15) is 27.9 Å². The van der Waals surface area contributed by atoms with Gasteiger partial charge in [-0.2, -0.15) is 13.2 Å². The molecule has 1 amide bonds. The van der Waals surface area contributed by atoms with Crippen molar-refractivity contribution in [1.29, 1.82) is 0 Å². The van der Waals surface area contributed by atoms with Gasteiger partial charge in [-0.15, -0.1) is 0 Å². The normalized spacial score (nSPS) is 13.3. The second kappa shape index (κ2) is 6.75. The summed E-state index contributed by atoms with van der Waals surface area (Å²) in [5, 5.41) is 11.9. The lowest BCUT2D eigenvalue weighted by Gasteiger charge is -2.15. The summed E-state index contributed by atoms with van der Waals surface area (Å²) in [4.78, 5) is 23.2. The molecule has 1 unspecified atom stereocenters. The van der Waals surface area contributed by atoms with E-state index in [0.717, 1.165) is 12.3 Å². The molecule has 2 N–H and O–H groups in total. The number of hydrogen-bond donors (Lipinski definition) is 2. The van der Waals surface area contributed by atoms with Crippen LogP contribution in [0.5, 0.6) is 0 Å². The van der Waals surface area contributed by atoms with Gasteiger partial charge in [-0.25, -0.2) is 0 Å². The molecule has 0 fully saturated rings. The van der Waals surface area contributed by atoms with Gasteiger partial charge in [0.25, 0.3) is 5.56 Å². The Labute approximate surface area is 119 Å². The van der Waals surface area contributed by atoms with Crippen molar-refractivity contribution in [2.75, 3.05) is 6.54 Å². The number of aliphatic hydroxyl groups excluding tert-OH is 1. The Kier molecular flexibility index (Phi) is 5.54. The van der Waals surface area contributed by atoms with Crippen molar-refractivity contribution in [2.45, 2.75) is 32.7 Å². The molecule has 1 rings (SSSR count). The summed E-state index contributed by atoms with van der Waals surface area (Å²) < 4.78 is 38.4. The minimum absolute atomic E-state index is 0.0236. The fraction of sp³-hybridized carbons (Fsp3) is 0.538. The van der Waals surface area contributed by atoms with Gasteiger partial charge in [0.2, 0.25) is 5.91 Å². The molecule has 118 valence electrons. The summed E-state index contributed by atoms with van der Waals surface area (Å²) in [5.41, 5.74) is -2.59. The Morgan fingerprint density at radius 3 is 2.57 bits per heavy atom. The van der Waals surface area contributed by atoms with Gasteiger partial charge in [-0.1, -0.05) is 13.8 Å². The minimum Gasteiger partial charge on any atom is -0.391 e. The summed E-state index contributed by atoms with van der Waals surface area (Å²) >= 11 is 0. The van der Waals surface area contributed by atoms with E-state index in [1.54, 1.807) is 13.8 Å². The fourth-order valence-corrected chi connectivity index (χ4v) is 1.54. The number of hydrogen-bond acceptors (Lipinski definition) is 3. The first-order valence-electron chi connectivity index (χ1n) is 6.34. The third kappa shape index (κ3) is 4.89. The molecular weight excluding hydrogens is 289 g/mol. The van der Waals surface area contributed by atoms with Crippen LogP contribution in [0.2, 0.25) is 0 Å². The highest BCUT2D eigenvalue weighted by molar-refractivity contribution is 5.75. The molecule has 0 bridgehead atoms. The molecule has 0 saturated carbocycles. The van der Waals surface area contributed by atoms with Gasteiger partial charge in [-0.3, -0.25) is 9.59 Å². The number of rotatable bonds is 5. The Morgan fingerprint density at radius 2 is 2.05 bits per heavy atom. The molecule has 0 radical (unpaired) electrons. The smallest absolute Gasteiger partial charge is 0.391 e. The highest BCUT2D eigenvalue weighted by atomic mass is 19.4. The first-order valence-corrected chi connectivity index (χ1v) is 6.34. The average molecular weight is 306 g/mol. The molecule has 0 spiro atoms. The van der Waals surface area contributed by atoms with Crippen LogP contribution < -0.4 is 10.9 Å². The van der Waals surface area contributed by atoms with E-state index in [0.29, 0.717) is 10.6 Å². The highest BCUT2D eigenvalue weighted by Gasteiger charge is 2.34. The summed E-state index contributed by atoms with van der Waals surface area (Å²) in [5.74, 6) is -0.710. The van der Waals surface area contributed by atoms with Crippen molar-refractivity contribution in [2.24, 2.45) is 5.92 Å². The molecule has 0 aliphatic heterocycles. The number of amides is 1. The van der Waals surface area contributed by atoms with Crippen LogP contribution in [0.1, 0.15) is 19.4 Å². The van der Waals surface area contributed by atoms with Gasteiger partial charge in [0.1, 0.15) is 12.1 Å². The molecule has 1 atom stereocenters. The quantitative estimate of drug-likeness (QED) is 0.852. The lowest BCUT2D eigenvalue weighted by molar-refractivity contribution is -0.139. The van der Waals surface area contributed by atoms with Gasteiger partial charge < -0.3 is 15.0 Å². The zero-order chi connectivity index (χ0) is 16.2. The number of aromatic nitrogens is 1. The number of carbonyl (C=O) groups excluding carboxylic acids is 1. The summed E-state index contributed by atoms with van der Waals surface area (Å²) in [6.07, 6.45) is -4.41. The number of nitrogens with zero attached hydrogens (tertiary/aromatic N) is 1. The first kappa shape index (κ1) is 17.2. The topological polar surface area (TPSA) is 71.3 Å². The molecule has 8 heteroatoms. The number of pyridine rings is 1. The Balaban J connectivity index is 2.76. The van der Waals surface area contributed by atoms with Gasteiger partial charge >= 0.3 is 6.18 Å². The van der Waals surface area contributed by atoms with E-state index < -0.39 is 35.9 Å². The largest absolute Gasteiger partial charge is 0.421 e. The van der Waals surface area contributed by atoms with Gasteiger partial charge in [0, 0.05) is 12.7 Å². The Hall–Kier alpha value is -1.83. The molecule has 1 heterocycles. The molecule has 5 nitrogen and oxygen atoms in total. The average Bonchev–Trinajstić information content (AvgIpc) is 2.36. The number of halogens is 3. The molecule has 21 heavy (non-hydrogen) atoms. The predicted molar refractivity (Wildman–Crippen MR) is 69.6 cm³/mol. The molecule has 1 aromatic heterocycles.